The Hall–Kier alpha value is -2.03. The van der Waals surface area contributed by atoms with Crippen LogP contribution in [0, 0.1) is 17.3 Å². The van der Waals surface area contributed by atoms with Crippen molar-refractivity contribution in [2.75, 3.05) is 12.3 Å². The van der Waals surface area contributed by atoms with E-state index in [9.17, 15) is 14.4 Å². The van der Waals surface area contributed by atoms with Crippen molar-refractivity contribution in [1.29, 1.82) is 0 Å². The molecule has 2 heterocycles. The van der Waals surface area contributed by atoms with Crippen LogP contribution in [0.1, 0.15) is 74.1 Å². The first kappa shape index (κ1) is 27.6. The lowest BCUT2D eigenvalue weighted by Crippen LogP contribution is -2.57. The fraction of sp³-hybridized carbons (Fsp3) is 0.769. The molecular weight excluding hydrogens is 466 g/mol. The maximum atomic E-state index is 13.6. The van der Waals surface area contributed by atoms with Gasteiger partial charge in [0.25, 0.3) is 0 Å². The third kappa shape index (κ3) is 7.24. The summed E-state index contributed by atoms with van der Waals surface area (Å²) in [6.07, 6.45) is 4.05. The molecule has 196 valence electrons. The fourth-order valence-electron chi connectivity index (χ4n) is 4.88. The van der Waals surface area contributed by atoms with Crippen molar-refractivity contribution in [2.45, 2.75) is 97.9 Å². The van der Waals surface area contributed by atoms with Crippen LogP contribution in [-0.2, 0) is 19.1 Å². The minimum Gasteiger partial charge on any atom is -0.444 e. The standard InChI is InChI=1S/C26H41N3O5S/c1-16-14-35-15-27-19-13-17(10-11-18(16)19)33-23(31)20-9-8-12-29(20)22(30)21(25(2,3)4)28-24(32)34-26(5,6)7/h10,15-16,18-21H,8-9,11-14H2,1-7H3,(H,28,32)/t16?,18-,19+,20+,21?/m1/s1. The lowest BCUT2D eigenvalue weighted by molar-refractivity contribution is -0.152. The SMILES string of the molecule is CC1CSC=N[C@H]2CC(OC(=O)[C@@H]3CCCN3C(=O)C(NC(=O)OC(C)(C)C)C(C)(C)C)=CC[C@H]12. The molecule has 3 aliphatic rings. The first-order chi connectivity index (χ1) is 16.3. The average Bonchev–Trinajstić information content (AvgIpc) is 3.15. The Labute approximate surface area is 213 Å². The third-order valence-electron chi connectivity index (χ3n) is 6.75. The number of likely N-dealkylation sites (tertiary alicyclic amines) is 1. The molecular formula is C26H41N3O5S. The highest BCUT2D eigenvalue weighted by molar-refractivity contribution is 8.12. The van der Waals surface area contributed by atoms with E-state index in [2.05, 4.69) is 17.2 Å². The summed E-state index contributed by atoms with van der Waals surface area (Å²) in [5.74, 6) is 2.01. The number of rotatable bonds is 4. The topological polar surface area (TPSA) is 97.3 Å². The van der Waals surface area contributed by atoms with Crippen molar-refractivity contribution in [1.82, 2.24) is 10.2 Å². The number of fused-ring (bicyclic) bond motifs is 1. The van der Waals surface area contributed by atoms with Crippen molar-refractivity contribution in [3.05, 3.63) is 11.8 Å². The lowest BCUT2D eigenvalue weighted by atomic mass is 9.80. The van der Waals surface area contributed by atoms with E-state index in [1.807, 2.05) is 32.4 Å². The molecule has 1 fully saturated rings. The Morgan fingerprint density at radius 3 is 2.57 bits per heavy atom. The van der Waals surface area contributed by atoms with Crippen LogP contribution in [0.5, 0.6) is 0 Å². The number of nitrogens with one attached hydrogen (secondary N) is 1. The zero-order chi connectivity index (χ0) is 26.0. The highest BCUT2D eigenvalue weighted by Gasteiger charge is 2.43. The number of ether oxygens (including phenoxy) is 2. The number of hydrogen-bond donors (Lipinski definition) is 1. The largest absolute Gasteiger partial charge is 0.444 e. The quantitative estimate of drug-likeness (QED) is 0.562. The molecule has 0 bridgehead atoms. The van der Waals surface area contributed by atoms with E-state index >= 15 is 0 Å². The molecule has 0 aromatic heterocycles. The molecule has 5 atom stereocenters. The minimum atomic E-state index is -0.834. The summed E-state index contributed by atoms with van der Waals surface area (Å²) in [4.78, 5) is 45.5. The number of esters is 1. The zero-order valence-electron chi connectivity index (χ0n) is 22.1. The molecule has 1 N–H and O–H groups in total. The van der Waals surface area contributed by atoms with E-state index in [-0.39, 0.29) is 11.9 Å². The van der Waals surface area contributed by atoms with Gasteiger partial charge < -0.3 is 19.7 Å². The van der Waals surface area contributed by atoms with Gasteiger partial charge in [-0.1, -0.05) is 27.7 Å². The van der Waals surface area contributed by atoms with Gasteiger partial charge in [-0.25, -0.2) is 9.59 Å². The van der Waals surface area contributed by atoms with Crippen LogP contribution in [-0.4, -0.2) is 64.4 Å². The van der Waals surface area contributed by atoms with E-state index in [4.69, 9.17) is 9.47 Å². The summed E-state index contributed by atoms with van der Waals surface area (Å²) in [7, 11) is 0. The van der Waals surface area contributed by atoms with Crippen molar-refractivity contribution < 1.29 is 23.9 Å². The van der Waals surface area contributed by atoms with Crippen molar-refractivity contribution >= 4 is 35.3 Å². The number of nitrogens with zero attached hydrogens (tertiary/aromatic N) is 2. The van der Waals surface area contributed by atoms with Crippen LogP contribution in [0.15, 0.2) is 16.8 Å². The van der Waals surface area contributed by atoms with Gasteiger partial charge in [0, 0.05) is 18.7 Å². The maximum Gasteiger partial charge on any atom is 0.408 e. The molecule has 1 saturated heterocycles. The number of hydrogen-bond acceptors (Lipinski definition) is 7. The second-order valence-corrected chi connectivity index (χ2v) is 12.8. The van der Waals surface area contributed by atoms with Crippen molar-refractivity contribution in [2.24, 2.45) is 22.2 Å². The van der Waals surface area contributed by atoms with Gasteiger partial charge >= 0.3 is 12.1 Å². The number of alkyl carbamates (subject to hydrolysis) is 1. The molecule has 2 unspecified atom stereocenters. The van der Waals surface area contributed by atoms with E-state index in [0.29, 0.717) is 43.4 Å². The van der Waals surface area contributed by atoms with Crippen LogP contribution in [0.3, 0.4) is 0 Å². The predicted molar refractivity (Wildman–Crippen MR) is 138 cm³/mol. The summed E-state index contributed by atoms with van der Waals surface area (Å²) in [5, 5.41) is 2.74. The monoisotopic (exact) mass is 507 g/mol. The molecule has 0 spiro atoms. The molecule has 0 radical (unpaired) electrons. The summed E-state index contributed by atoms with van der Waals surface area (Å²) in [5.41, 5.74) is 0.673. The van der Waals surface area contributed by atoms with Crippen LogP contribution < -0.4 is 5.32 Å². The van der Waals surface area contributed by atoms with E-state index < -0.39 is 35.2 Å². The second kappa shape index (κ2) is 10.9. The summed E-state index contributed by atoms with van der Waals surface area (Å²) >= 11 is 1.73. The predicted octanol–water partition coefficient (Wildman–Crippen LogP) is 4.53. The Morgan fingerprint density at radius 1 is 1.20 bits per heavy atom. The summed E-state index contributed by atoms with van der Waals surface area (Å²) < 4.78 is 11.2. The molecule has 1 aliphatic carbocycles. The Balaban J connectivity index is 1.68. The third-order valence-corrected chi connectivity index (χ3v) is 7.74. The molecule has 2 aliphatic heterocycles. The first-order valence-corrected chi connectivity index (χ1v) is 13.6. The molecule has 35 heavy (non-hydrogen) atoms. The zero-order valence-corrected chi connectivity index (χ0v) is 22.9. The fourth-order valence-corrected chi connectivity index (χ4v) is 5.76. The molecule has 0 saturated carbocycles. The molecule has 3 rings (SSSR count). The number of amides is 2. The van der Waals surface area contributed by atoms with E-state index in [1.165, 1.54) is 0 Å². The Morgan fingerprint density at radius 2 is 1.91 bits per heavy atom. The van der Waals surface area contributed by atoms with Gasteiger partial charge in [0.15, 0.2) is 0 Å². The van der Waals surface area contributed by atoms with Gasteiger partial charge in [-0.3, -0.25) is 9.79 Å². The number of allylic oxidation sites excluding steroid dienone is 1. The molecule has 8 nitrogen and oxygen atoms in total. The van der Waals surface area contributed by atoms with Gasteiger partial charge in [-0.2, -0.15) is 0 Å². The number of thioether (sulfide) groups is 1. The van der Waals surface area contributed by atoms with Gasteiger partial charge in [0.2, 0.25) is 5.91 Å². The average molecular weight is 508 g/mol. The lowest BCUT2D eigenvalue weighted by Gasteiger charge is -2.36. The Bertz CT molecular complexity index is 873. The smallest absolute Gasteiger partial charge is 0.408 e. The van der Waals surface area contributed by atoms with Crippen LogP contribution in [0.25, 0.3) is 0 Å². The van der Waals surface area contributed by atoms with Crippen LogP contribution in [0.2, 0.25) is 0 Å². The van der Waals surface area contributed by atoms with Crippen molar-refractivity contribution in [3.63, 3.8) is 0 Å². The molecule has 0 aromatic carbocycles. The van der Waals surface area contributed by atoms with Gasteiger partial charge in [-0.15, -0.1) is 11.8 Å². The maximum absolute atomic E-state index is 13.6. The Kier molecular flexibility index (Phi) is 8.60. The summed E-state index contributed by atoms with van der Waals surface area (Å²) in [6.45, 7) is 13.7. The highest BCUT2D eigenvalue weighted by Crippen LogP contribution is 2.36. The van der Waals surface area contributed by atoms with Gasteiger partial charge in [0.1, 0.15) is 23.4 Å². The van der Waals surface area contributed by atoms with Gasteiger partial charge in [-0.05, 0) is 63.4 Å². The first-order valence-electron chi connectivity index (χ1n) is 12.6. The van der Waals surface area contributed by atoms with E-state index in [1.54, 1.807) is 37.4 Å². The molecule has 9 heteroatoms. The molecule has 0 aromatic rings. The number of aliphatic imine (C=N–C) groups is 1. The van der Waals surface area contributed by atoms with E-state index in [0.717, 1.165) is 12.2 Å². The van der Waals surface area contributed by atoms with Crippen LogP contribution in [0.4, 0.5) is 4.79 Å². The number of carbonyl (C=O) groups is 3. The van der Waals surface area contributed by atoms with Crippen molar-refractivity contribution in [3.8, 4) is 0 Å². The molecule has 2 amide bonds. The van der Waals surface area contributed by atoms with Crippen LogP contribution >= 0.6 is 11.8 Å². The number of carbonyl (C=O) groups excluding carboxylic acids is 3. The normalized spacial score (nSPS) is 27.9. The van der Waals surface area contributed by atoms with Gasteiger partial charge in [0.05, 0.1) is 11.6 Å². The summed E-state index contributed by atoms with van der Waals surface area (Å²) in [6, 6.07) is -1.38. The highest BCUT2D eigenvalue weighted by atomic mass is 32.2. The second-order valence-electron chi connectivity index (χ2n) is 12.0. The minimum absolute atomic E-state index is 0.123.